The van der Waals surface area contributed by atoms with Crippen LogP contribution in [0, 0.1) is 11.6 Å². The van der Waals surface area contributed by atoms with Gasteiger partial charge in [0.15, 0.2) is 5.69 Å². The Morgan fingerprint density at radius 2 is 1.51 bits per heavy atom. The summed E-state index contributed by atoms with van der Waals surface area (Å²) in [6.45, 7) is 0.425. The van der Waals surface area contributed by atoms with Crippen molar-refractivity contribution >= 4 is 11.9 Å². The van der Waals surface area contributed by atoms with Gasteiger partial charge in [0.2, 0.25) is 11.2 Å². The van der Waals surface area contributed by atoms with Crippen molar-refractivity contribution in [2.75, 3.05) is 20.2 Å². The first-order valence-electron chi connectivity index (χ1n) is 14.6. The number of benzene rings is 3. The number of esters is 1. The van der Waals surface area contributed by atoms with Gasteiger partial charge in [0.05, 0.1) is 6.20 Å². The normalized spacial score (nSPS) is 18.0. The highest BCUT2D eigenvalue weighted by molar-refractivity contribution is 5.97. The number of hydrogen-bond acceptors (Lipinski definition) is 7. The number of hydrazine groups is 1. The van der Waals surface area contributed by atoms with Crippen LogP contribution in [0.3, 0.4) is 0 Å². The maximum absolute atomic E-state index is 14.7. The SMILES string of the molecule is COC(C(=O)Oc1c2n(ncc1=O)[C@@H](C(c1cccc(F)c1)c1cccc(F)c1)N1CCCCN1C2=O)(c1ccccc1)C(F)(F)F. The number of fused-ring (bicyclic) bond motifs is 2. The van der Waals surface area contributed by atoms with Crippen LogP contribution in [0.25, 0.3) is 0 Å². The van der Waals surface area contributed by atoms with Crippen molar-refractivity contribution in [3.63, 3.8) is 0 Å². The number of ether oxygens (including phenoxy) is 2. The first-order valence-corrected chi connectivity index (χ1v) is 14.6. The van der Waals surface area contributed by atoms with Gasteiger partial charge in [-0.05, 0) is 48.2 Å². The lowest BCUT2D eigenvalue weighted by molar-refractivity contribution is -0.272. The monoisotopic (exact) mass is 654 g/mol. The van der Waals surface area contributed by atoms with Gasteiger partial charge in [-0.25, -0.2) is 18.3 Å². The predicted molar refractivity (Wildman–Crippen MR) is 156 cm³/mol. The molecule has 1 fully saturated rings. The van der Waals surface area contributed by atoms with Crippen molar-refractivity contribution in [2.24, 2.45) is 0 Å². The van der Waals surface area contributed by atoms with E-state index in [-0.39, 0.29) is 13.1 Å². The van der Waals surface area contributed by atoms with Gasteiger partial charge in [-0.2, -0.15) is 23.3 Å². The zero-order valence-corrected chi connectivity index (χ0v) is 24.8. The molecule has 0 bridgehead atoms. The standard InChI is InChI=1S/C33H27F5N4O5/c1-46-32(33(36,37)38,22-11-3-2-4-12-22)31(45)47-28-25(43)19-39-42-27(28)30(44)41-16-6-5-15-40(41)29(42)26(20-9-7-13-23(34)17-20)21-10-8-14-24(35)18-21/h2-4,7-14,17-19,26,29H,5-6,15-16H2,1H3/t29-,32?/m0/s1. The van der Waals surface area contributed by atoms with Crippen LogP contribution in [-0.4, -0.2) is 58.1 Å². The molecule has 244 valence electrons. The van der Waals surface area contributed by atoms with Crippen molar-refractivity contribution in [1.29, 1.82) is 0 Å². The molecule has 0 aliphatic carbocycles. The predicted octanol–water partition coefficient (Wildman–Crippen LogP) is 5.33. The van der Waals surface area contributed by atoms with Crippen LogP contribution in [0.5, 0.6) is 5.75 Å². The van der Waals surface area contributed by atoms with Crippen LogP contribution < -0.4 is 10.2 Å². The van der Waals surface area contributed by atoms with E-state index in [1.807, 2.05) is 0 Å². The molecule has 1 saturated heterocycles. The summed E-state index contributed by atoms with van der Waals surface area (Å²) in [6, 6.07) is 17.0. The smallest absolute Gasteiger partial charge is 0.417 e. The molecule has 1 amide bonds. The third-order valence-corrected chi connectivity index (χ3v) is 8.36. The minimum atomic E-state index is -5.36. The quantitative estimate of drug-likeness (QED) is 0.197. The summed E-state index contributed by atoms with van der Waals surface area (Å²) in [5, 5.41) is 7.13. The molecule has 6 rings (SSSR count). The number of halogens is 5. The molecule has 47 heavy (non-hydrogen) atoms. The van der Waals surface area contributed by atoms with Crippen molar-refractivity contribution in [1.82, 2.24) is 19.8 Å². The maximum atomic E-state index is 14.7. The molecule has 1 unspecified atom stereocenters. The Kier molecular flexibility index (Phi) is 8.40. The fourth-order valence-corrected chi connectivity index (χ4v) is 6.27. The van der Waals surface area contributed by atoms with Gasteiger partial charge in [-0.15, -0.1) is 0 Å². The third kappa shape index (κ3) is 5.46. The fraction of sp³-hybridized carbons (Fsp3) is 0.273. The van der Waals surface area contributed by atoms with E-state index in [2.05, 4.69) is 5.10 Å². The summed E-state index contributed by atoms with van der Waals surface area (Å²) in [6.07, 6.45) is -4.58. The molecule has 2 aliphatic heterocycles. The van der Waals surface area contributed by atoms with Crippen LogP contribution in [0.4, 0.5) is 22.0 Å². The van der Waals surface area contributed by atoms with E-state index >= 15 is 0 Å². The van der Waals surface area contributed by atoms with E-state index in [0.29, 0.717) is 37.3 Å². The molecule has 9 nitrogen and oxygen atoms in total. The van der Waals surface area contributed by atoms with E-state index in [4.69, 9.17) is 9.47 Å². The number of alkyl halides is 3. The minimum Gasteiger partial charge on any atom is -0.417 e. The molecule has 3 heterocycles. The number of methoxy groups -OCH3 is 1. The molecule has 2 aliphatic rings. The third-order valence-electron chi connectivity index (χ3n) is 8.36. The van der Waals surface area contributed by atoms with Gasteiger partial charge < -0.3 is 9.47 Å². The zero-order valence-electron chi connectivity index (χ0n) is 24.8. The average molecular weight is 655 g/mol. The average Bonchev–Trinajstić information content (AvgIpc) is 3.04. The van der Waals surface area contributed by atoms with Crippen LogP contribution in [0.1, 0.15) is 52.1 Å². The molecular formula is C33H27F5N4O5. The summed E-state index contributed by atoms with van der Waals surface area (Å²) in [5.41, 5.74) is -5.33. The Hall–Kier alpha value is -4.95. The van der Waals surface area contributed by atoms with Gasteiger partial charge in [-0.3, -0.25) is 14.6 Å². The molecule has 4 aromatic rings. The van der Waals surface area contributed by atoms with Crippen LogP contribution >= 0.6 is 0 Å². The van der Waals surface area contributed by atoms with E-state index < -0.39 is 69.8 Å². The molecule has 0 spiro atoms. The lowest BCUT2D eigenvalue weighted by Crippen LogP contribution is -2.60. The Bertz CT molecular complexity index is 1840. The van der Waals surface area contributed by atoms with Gasteiger partial charge in [0, 0.05) is 31.7 Å². The lowest BCUT2D eigenvalue weighted by atomic mass is 9.87. The highest BCUT2D eigenvalue weighted by Crippen LogP contribution is 2.45. The van der Waals surface area contributed by atoms with Gasteiger partial charge in [0.25, 0.3) is 11.5 Å². The number of carbonyl (C=O) groups is 2. The minimum absolute atomic E-state index is 0.138. The second-order valence-electron chi connectivity index (χ2n) is 11.1. The molecule has 0 saturated carbocycles. The first kappa shape index (κ1) is 32.0. The van der Waals surface area contributed by atoms with Crippen molar-refractivity contribution in [2.45, 2.75) is 36.7 Å². The Morgan fingerprint density at radius 3 is 2.09 bits per heavy atom. The molecule has 2 atom stereocenters. The Balaban J connectivity index is 1.57. The summed E-state index contributed by atoms with van der Waals surface area (Å²) >= 11 is 0. The lowest BCUT2D eigenvalue weighted by Gasteiger charge is -2.49. The van der Waals surface area contributed by atoms with Crippen LogP contribution in [0.2, 0.25) is 0 Å². The largest absolute Gasteiger partial charge is 0.432 e. The fourth-order valence-electron chi connectivity index (χ4n) is 6.27. The van der Waals surface area contributed by atoms with Crippen LogP contribution in [-0.2, 0) is 15.1 Å². The van der Waals surface area contributed by atoms with Crippen molar-refractivity contribution in [3.05, 3.63) is 129 Å². The molecule has 1 aromatic heterocycles. The Morgan fingerprint density at radius 1 is 0.894 bits per heavy atom. The summed E-state index contributed by atoms with van der Waals surface area (Å²) in [5.74, 6) is -6.01. The van der Waals surface area contributed by atoms with Crippen LogP contribution in [0.15, 0.2) is 89.9 Å². The number of amides is 1. The first-order chi connectivity index (χ1) is 22.5. The molecule has 0 N–H and O–H groups in total. The molecule has 3 aromatic carbocycles. The highest BCUT2D eigenvalue weighted by Gasteiger charge is 2.64. The molecule has 0 radical (unpaired) electrons. The number of rotatable bonds is 7. The topological polar surface area (TPSA) is 94.0 Å². The number of nitrogens with zero attached hydrogens (tertiary/aromatic N) is 4. The number of hydrogen-bond donors (Lipinski definition) is 0. The van der Waals surface area contributed by atoms with Crippen molar-refractivity contribution in [3.8, 4) is 5.75 Å². The van der Waals surface area contributed by atoms with E-state index in [0.717, 1.165) is 16.8 Å². The summed E-state index contributed by atoms with van der Waals surface area (Å²) in [4.78, 5) is 41.0. The summed E-state index contributed by atoms with van der Waals surface area (Å²) in [7, 11) is 0.673. The van der Waals surface area contributed by atoms with Crippen molar-refractivity contribution < 1.29 is 41.0 Å². The highest BCUT2D eigenvalue weighted by atomic mass is 19.4. The number of aromatic nitrogens is 2. The second kappa shape index (κ2) is 12.3. The zero-order chi connectivity index (χ0) is 33.5. The molecular weight excluding hydrogens is 627 g/mol. The van der Waals surface area contributed by atoms with Gasteiger partial charge >= 0.3 is 12.1 Å². The Labute approximate surface area is 264 Å². The van der Waals surface area contributed by atoms with E-state index in [9.17, 15) is 36.3 Å². The van der Waals surface area contributed by atoms with Gasteiger partial charge in [-0.1, -0.05) is 54.6 Å². The number of carbonyl (C=O) groups excluding carboxylic acids is 2. The molecule has 14 heteroatoms. The summed E-state index contributed by atoms with van der Waals surface area (Å²) < 4.78 is 84.5. The van der Waals surface area contributed by atoms with E-state index in [1.54, 1.807) is 17.1 Å². The van der Waals surface area contributed by atoms with Gasteiger partial charge in [0.1, 0.15) is 17.8 Å². The second-order valence-corrected chi connectivity index (χ2v) is 11.1. The van der Waals surface area contributed by atoms with E-state index in [1.165, 1.54) is 59.6 Å². The maximum Gasteiger partial charge on any atom is 0.432 e.